The predicted molar refractivity (Wildman–Crippen MR) is 104 cm³/mol. The van der Waals surface area contributed by atoms with Crippen molar-refractivity contribution in [3.63, 3.8) is 0 Å². The van der Waals surface area contributed by atoms with Gasteiger partial charge in [-0.05, 0) is 61.4 Å². The highest BCUT2D eigenvalue weighted by molar-refractivity contribution is 7.89. The minimum absolute atomic E-state index is 0.0559. The second-order valence-electron chi connectivity index (χ2n) is 6.67. The second-order valence-corrected chi connectivity index (χ2v) is 8.61. The summed E-state index contributed by atoms with van der Waals surface area (Å²) in [5.41, 5.74) is 2.85. The van der Waals surface area contributed by atoms with Crippen molar-refractivity contribution in [1.29, 1.82) is 0 Å². The Hall–Kier alpha value is -2.38. The summed E-state index contributed by atoms with van der Waals surface area (Å²) in [7, 11) is -2.04. The molecule has 2 aromatic carbocycles. The molecule has 1 amide bonds. The molecular formula is C20H24N2O4S. The number of hydrogen-bond donors (Lipinski definition) is 0. The van der Waals surface area contributed by atoms with Crippen LogP contribution in [0.15, 0.2) is 47.4 Å². The van der Waals surface area contributed by atoms with E-state index >= 15 is 0 Å². The third kappa shape index (κ3) is 3.99. The van der Waals surface area contributed by atoms with Crippen molar-refractivity contribution in [1.82, 2.24) is 9.21 Å². The Labute approximate surface area is 160 Å². The summed E-state index contributed by atoms with van der Waals surface area (Å²) >= 11 is 0. The van der Waals surface area contributed by atoms with E-state index < -0.39 is 10.0 Å². The molecule has 1 heterocycles. The van der Waals surface area contributed by atoms with Gasteiger partial charge >= 0.3 is 0 Å². The van der Waals surface area contributed by atoms with Crippen LogP contribution in [-0.4, -0.2) is 56.8 Å². The van der Waals surface area contributed by atoms with Crippen LogP contribution in [0.25, 0.3) is 0 Å². The maximum Gasteiger partial charge on any atom is 0.253 e. The number of rotatable bonds is 4. The smallest absolute Gasteiger partial charge is 0.253 e. The van der Waals surface area contributed by atoms with Crippen LogP contribution in [0.3, 0.4) is 0 Å². The number of methoxy groups -OCH3 is 1. The van der Waals surface area contributed by atoms with Gasteiger partial charge in [0.15, 0.2) is 0 Å². The first-order chi connectivity index (χ1) is 12.8. The van der Waals surface area contributed by atoms with Gasteiger partial charge in [-0.2, -0.15) is 4.31 Å². The molecule has 144 valence electrons. The van der Waals surface area contributed by atoms with Gasteiger partial charge in [0.2, 0.25) is 10.0 Å². The monoisotopic (exact) mass is 388 g/mol. The van der Waals surface area contributed by atoms with Crippen molar-refractivity contribution >= 4 is 15.9 Å². The SMILES string of the molecule is COc1ccc(S(=O)(=O)N2CCN(C(=O)c3ccc(C)c(C)c3)CC2)cc1. The van der Waals surface area contributed by atoms with Crippen molar-refractivity contribution < 1.29 is 17.9 Å². The topological polar surface area (TPSA) is 66.9 Å². The minimum Gasteiger partial charge on any atom is -0.497 e. The molecule has 0 aliphatic carbocycles. The zero-order valence-electron chi connectivity index (χ0n) is 15.8. The number of benzene rings is 2. The van der Waals surface area contributed by atoms with Gasteiger partial charge in [-0.1, -0.05) is 6.07 Å². The summed E-state index contributed by atoms with van der Waals surface area (Å²) < 4.78 is 32.1. The molecule has 0 spiro atoms. The summed E-state index contributed by atoms with van der Waals surface area (Å²) in [6.07, 6.45) is 0. The lowest BCUT2D eigenvalue weighted by Gasteiger charge is -2.34. The summed E-state index contributed by atoms with van der Waals surface area (Å²) in [6.45, 7) is 5.30. The number of piperazine rings is 1. The molecule has 3 rings (SSSR count). The van der Waals surface area contributed by atoms with Gasteiger partial charge in [0.1, 0.15) is 5.75 Å². The molecule has 0 bridgehead atoms. The van der Waals surface area contributed by atoms with Crippen LogP contribution in [0.1, 0.15) is 21.5 Å². The molecule has 1 aliphatic heterocycles. The third-order valence-corrected chi connectivity index (χ3v) is 6.89. The van der Waals surface area contributed by atoms with E-state index in [2.05, 4.69) is 0 Å². The molecule has 0 atom stereocenters. The molecule has 27 heavy (non-hydrogen) atoms. The molecule has 0 N–H and O–H groups in total. The standard InChI is InChI=1S/C20H24N2O4S/c1-15-4-5-17(14-16(15)2)20(23)21-10-12-22(13-11-21)27(24,25)19-8-6-18(26-3)7-9-19/h4-9,14H,10-13H2,1-3H3. The molecule has 7 heteroatoms. The zero-order valence-corrected chi connectivity index (χ0v) is 16.6. The van der Waals surface area contributed by atoms with Gasteiger partial charge in [-0.3, -0.25) is 4.79 Å². The number of carbonyl (C=O) groups is 1. The first kappa shape index (κ1) is 19.4. The van der Waals surface area contributed by atoms with Crippen LogP contribution < -0.4 is 4.74 Å². The van der Waals surface area contributed by atoms with Gasteiger partial charge in [0.05, 0.1) is 12.0 Å². The van der Waals surface area contributed by atoms with Gasteiger partial charge < -0.3 is 9.64 Å². The van der Waals surface area contributed by atoms with Crippen molar-refractivity contribution in [2.45, 2.75) is 18.7 Å². The molecule has 6 nitrogen and oxygen atoms in total. The van der Waals surface area contributed by atoms with Crippen LogP contribution in [0.2, 0.25) is 0 Å². The Balaban J connectivity index is 1.68. The first-order valence-electron chi connectivity index (χ1n) is 8.83. The summed E-state index contributed by atoms with van der Waals surface area (Å²) in [6, 6.07) is 12.0. The van der Waals surface area contributed by atoms with Gasteiger partial charge in [0.25, 0.3) is 5.91 Å². The van der Waals surface area contributed by atoms with E-state index in [0.717, 1.165) is 11.1 Å². The van der Waals surface area contributed by atoms with E-state index in [1.807, 2.05) is 32.0 Å². The summed E-state index contributed by atoms with van der Waals surface area (Å²) in [5, 5.41) is 0. The Bertz CT molecular complexity index is 931. The molecule has 0 unspecified atom stereocenters. The lowest BCUT2D eigenvalue weighted by molar-refractivity contribution is 0.0698. The summed E-state index contributed by atoms with van der Waals surface area (Å²) in [5.74, 6) is 0.553. The highest BCUT2D eigenvalue weighted by atomic mass is 32.2. The van der Waals surface area contributed by atoms with Crippen molar-refractivity contribution in [3.05, 3.63) is 59.2 Å². The number of amides is 1. The molecule has 1 saturated heterocycles. The van der Waals surface area contributed by atoms with E-state index in [1.54, 1.807) is 29.2 Å². The minimum atomic E-state index is -3.57. The number of sulfonamides is 1. The van der Waals surface area contributed by atoms with E-state index in [1.165, 1.54) is 11.4 Å². The van der Waals surface area contributed by atoms with Crippen molar-refractivity contribution in [2.24, 2.45) is 0 Å². The number of aryl methyl sites for hydroxylation is 2. The second kappa shape index (κ2) is 7.70. The maximum absolute atomic E-state index is 12.8. The highest BCUT2D eigenvalue weighted by Crippen LogP contribution is 2.21. The average Bonchev–Trinajstić information content (AvgIpc) is 2.69. The lowest BCUT2D eigenvalue weighted by atomic mass is 10.1. The van der Waals surface area contributed by atoms with Crippen LogP contribution in [0, 0.1) is 13.8 Å². The lowest BCUT2D eigenvalue weighted by Crippen LogP contribution is -2.50. The summed E-state index contributed by atoms with van der Waals surface area (Å²) in [4.78, 5) is 14.7. The fourth-order valence-corrected chi connectivity index (χ4v) is 4.51. The van der Waals surface area contributed by atoms with Gasteiger partial charge in [-0.25, -0.2) is 8.42 Å². The fourth-order valence-electron chi connectivity index (χ4n) is 3.09. The number of hydrogen-bond acceptors (Lipinski definition) is 4. The van der Waals surface area contributed by atoms with Crippen molar-refractivity contribution in [2.75, 3.05) is 33.3 Å². The Morgan fingerprint density at radius 1 is 0.926 bits per heavy atom. The molecule has 2 aromatic rings. The molecule has 1 aliphatic rings. The number of nitrogens with zero attached hydrogens (tertiary/aromatic N) is 2. The normalized spacial score (nSPS) is 15.6. The quantitative estimate of drug-likeness (QED) is 0.807. The Kier molecular flexibility index (Phi) is 5.53. The molecular weight excluding hydrogens is 364 g/mol. The average molecular weight is 388 g/mol. The van der Waals surface area contributed by atoms with E-state index in [9.17, 15) is 13.2 Å². The maximum atomic E-state index is 12.8. The van der Waals surface area contributed by atoms with E-state index in [-0.39, 0.29) is 23.9 Å². The number of ether oxygens (including phenoxy) is 1. The van der Waals surface area contributed by atoms with Crippen LogP contribution in [0.5, 0.6) is 5.75 Å². The van der Waals surface area contributed by atoms with E-state index in [0.29, 0.717) is 24.4 Å². The Morgan fingerprint density at radius 2 is 1.56 bits per heavy atom. The number of carbonyl (C=O) groups excluding carboxylic acids is 1. The van der Waals surface area contributed by atoms with Crippen LogP contribution in [-0.2, 0) is 10.0 Å². The van der Waals surface area contributed by atoms with Crippen molar-refractivity contribution in [3.8, 4) is 5.75 Å². The van der Waals surface area contributed by atoms with Crippen LogP contribution in [0.4, 0.5) is 0 Å². The highest BCUT2D eigenvalue weighted by Gasteiger charge is 2.30. The van der Waals surface area contributed by atoms with Gasteiger partial charge in [-0.15, -0.1) is 0 Å². The van der Waals surface area contributed by atoms with Gasteiger partial charge in [0, 0.05) is 31.7 Å². The fraction of sp³-hybridized carbons (Fsp3) is 0.350. The molecule has 0 radical (unpaired) electrons. The Morgan fingerprint density at radius 3 is 2.11 bits per heavy atom. The zero-order chi connectivity index (χ0) is 19.6. The first-order valence-corrected chi connectivity index (χ1v) is 10.3. The predicted octanol–water partition coefficient (Wildman–Crippen LogP) is 2.46. The van der Waals surface area contributed by atoms with Crippen LogP contribution >= 0.6 is 0 Å². The molecule has 0 aromatic heterocycles. The van der Waals surface area contributed by atoms with E-state index in [4.69, 9.17) is 4.74 Å². The largest absolute Gasteiger partial charge is 0.497 e. The molecule has 1 fully saturated rings. The molecule has 0 saturated carbocycles. The third-order valence-electron chi connectivity index (χ3n) is 4.98.